The molecule has 0 aliphatic carbocycles. The molecule has 88 heavy (non-hydrogen) atoms. The predicted molar refractivity (Wildman–Crippen MR) is 307 cm³/mol. The first-order chi connectivity index (χ1) is 41.9. The minimum Gasteiger partial charge on any atom is -0.394 e. The van der Waals surface area contributed by atoms with Crippen LogP contribution in [-0.2, 0) is 28.5 Å². The number of hydrogen-bond acceptors (Lipinski definition) is 18. The third-order valence-corrected chi connectivity index (χ3v) is 16.4. The lowest BCUT2D eigenvalue weighted by Gasteiger charge is -2.43. The molecule has 2 aliphatic rings. The summed E-state index contributed by atoms with van der Waals surface area (Å²) in [4.78, 5) is 40.1. The number of nitrogens with zero attached hydrogens (tertiary/aromatic N) is 14. The molecule has 2 fully saturated rings. The van der Waals surface area contributed by atoms with Crippen molar-refractivity contribution in [2.45, 2.75) is 74.8 Å². The van der Waals surface area contributed by atoms with Gasteiger partial charge in [-0.2, -0.15) is 10.2 Å². The Hall–Kier alpha value is -6.48. The largest absolute Gasteiger partial charge is 0.394 e. The molecule has 4 aromatic carbocycles. The SMILES string of the molecule is Cc1nc(C2OC(CO)C(O)C(n3cc(-c4cc(F)c(Cl)c(F)c4)nn3)C2OCC(=O)N(C)CCN(C)C(=O)COC2C(c3nc(C)nn3-c3cc(Cl)ccc3Cl)OC(CO)C(O)C2n2cc(-c3cc(F)c(Cl)c(F)c3)nn2)n(-c2cc(Cl)ccc2Cl)n1. The molecule has 4 N–H and O–H groups in total. The first kappa shape index (κ1) is 64.5. The van der Waals surface area contributed by atoms with E-state index in [1.165, 1.54) is 69.9 Å². The number of benzene rings is 4. The molecule has 10 unspecified atom stereocenters. The van der Waals surface area contributed by atoms with Crippen molar-refractivity contribution in [2.24, 2.45) is 0 Å². The zero-order valence-corrected chi connectivity index (χ0v) is 50.8. The summed E-state index contributed by atoms with van der Waals surface area (Å²) in [5, 5.41) is 70.1. The second-order valence-corrected chi connectivity index (χ2v) is 22.9. The number of hydrogen-bond donors (Lipinski definition) is 4. The Morgan fingerprint density at radius 1 is 0.591 bits per heavy atom. The molecule has 2 saturated heterocycles. The number of halogens is 10. The summed E-state index contributed by atoms with van der Waals surface area (Å²) in [6.45, 7) is -0.0779. The number of aliphatic hydroxyl groups excluding tert-OH is 4. The quantitative estimate of drug-likeness (QED) is 0.0472. The van der Waals surface area contributed by atoms with Crippen LogP contribution in [0.3, 0.4) is 0 Å². The summed E-state index contributed by atoms with van der Waals surface area (Å²) >= 11 is 37.6. The van der Waals surface area contributed by atoms with Gasteiger partial charge in [0, 0.05) is 48.4 Å². The average Bonchev–Trinajstić information content (AvgIpc) is 1.91. The number of carbonyl (C=O) groups is 2. The average molecular weight is 1340 g/mol. The van der Waals surface area contributed by atoms with Crippen molar-refractivity contribution in [3.8, 4) is 33.9 Å². The van der Waals surface area contributed by atoms with Gasteiger partial charge in [0.2, 0.25) is 11.8 Å². The number of amides is 2. The van der Waals surface area contributed by atoms with Gasteiger partial charge >= 0.3 is 0 Å². The van der Waals surface area contributed by atoms with Crippen LogP contribution >= 0.6 is 69.6 Å². The minimum absolute atomic E-state index is 0.0207. The number of aromatic nitrogens is 12. The lowest BCUT2D eigenvalue weighted by molar-refractivity contribution is -0.224. The molecule has 2 amide bonds. The molecule has 2 aliphatic heterocycles. The van der Waals surface area contributed by atoms with E-state index in [9.17, 15) is 47.6 Å². The van der Waals surface area contributed by atoms with Gasteiger partial charge in [0.05, 0.1) is 47.0 Å². The number of aryl methyl sites for hydroxylation is 2. The molecule has 0 radical (unpaired) electrons. The van der Waals surface area contributed by atoms with Crippen LogP contribution in [0, 0.1) is 37.1 Å². The van der Waals surface area contributed by atoms with Crippen LogP contribution in [0.4, 0.5) is 17.6 Å². The fourth-order valence-electron chi connectivity index (χ4n) is 10.1. The molecular weight excluding hydrogens is 1290 g/mol. The van der Waals surface area contributed by atoms with E-state index in [-0.39, 0.29) is 90.4 Å². The van der Waals surface area contributed by atoms with Crippen molar-refractivity contribution >= 4 is 81.4 Å². The molecule has 0 saturated carbocycles. The smallest absolute Gasteiger partial charge is 0.248 e. The normalized spacial score (nSPS) is 22.1. The van der Waals surface area contributed by atoms with Crippen LogP contribution < -0.4 is 0 Å². The summed E-state index contributed by atoms with van der Waals surface area (Å²) in [6, 6.07) is 10.1. The molecule has 6 heterocycles. The fraction of sp³-hybridized carbons (Fsp3) is 0.370. The number of carbonyl (C=O) groups excluding carboxylic acids is 2. The highest BCUT2D eigenvalue weighted by Gasteiger charge is 2.52. The predicted octanol–water partition coefficient (Wildman–Crippen LogP) is 6.91. The van der Waals surface area contributed by atoms with Gasteiger partial charge in [-0.1, -0.05) is 80.0 Å². The van der Waals surface area contributed by atoms with E-state index < -0.39 is 132 Å². The molecule has 34 heteroatoms. The second-order valence-electron chi connectivity index (χ2n) is 20.4. The van der Waals surface area contributed by atoms with Crippen molar-refractivity contribution in [3.63, 3.8) is 0 Å². The Morgan fingerprint density at radius 2 is 0.955 bits per heavy atom. The maximum Gasteiger partial charge on any atom is 0.248 e. The molecule has 0 bridgehead atoms. The minimum atomic E-state index is -1.66. The van der Waals surface area contributed by atoms with E-state index in [0.29, 0.717) is 0 Å². The van der Waals surface area contributed by atoms with E-state index in [2.05, 4.69) is 40.8 Å². The maximum absolute atomic E-state index is 14.7. The van der Waals surface area contributed by atoms with Gasteiger partial charge < -0.3 is 49.2 Å². The Labute approximate surface area is 526 Å². The molecule has 10 atom stereocenters. The Morgan fingerprint density at radius 3 is 1.31 bits per heavy atom. The number of rotatable bonds is 19. The molecule has 466 valence electrons. The lowest BCUT2D eigenvalue weighted by atomic mass is 9.91. The Kier molecular flexibility index (Phi) is 19.7. The van der Waals surface area contributed by atoms with Gasteiger partial charge in [0.25, 0.3) is 0 Å². The number of likely N-dealkylation sites (N-methyl/N-ethyl adjacent to an activating group) is 2. The molecule has 0 spiro atoms. The van der Waals surface area contributed by atoms with E-state index >= 15 is 0 Å². The fourth-order valence-corrected chi connectivity index (χ4v) is 11.0. The molecular formula is C54H50Cl6F4N14O10. The maximum atomic E-state index is 14.7. The van der Waals surface area contributed by atoms with Gasteiger partial charge in [-0.25, -0.2) is 46.3 Å². The summed E-state index contributed by atoms with van der Waals surface area (Å²) < 4.78 is 89.2. The van der Waals surface area contributed by atoms with Crippen LogP contribution in [0.2, 0.25) is 30.1 Å². The molecule has 10 rings (SSSR count). The van der Waals surface area contributed by atoms with Gasteiger partial charge in [-0.3, -0.25) is 9.59 Å². The summed E-state index contributed by atoms with van der Waals surface area (Å²) in [7, 11) is 2.85. The monoisotopic (exact) mass is 1340 g/mol. The van der Waals surface area contributed by atoms with Gasteiger partial charge in [-0.15, -0.1) is 10.2 Å². The van der Waals surface area contributed by atoms with Crippen molar-refractivity contribution in [1.82, 2.24) is 69.3 Å². The number of ether oxygens (including phenoxy) is 4. The van der Waals surface area contributed by atoms with Crippen molar-refractivity contribution in [1.29, 1.82) is 0 Å². The first-order valence-electron chi connectivity index (χ1n) is 26.5. The van der Waals surface area contributed by atoms with Crippen molar-refractivity contribution in [2.75, 3.05) is 53.6 Å². The zero-order valence-electron chi connectivity index (χ0n) is 46.2. The first-order valence-corrected chi connectivity index (χ1v) is 28.7. The molecule has 8 aromatic rings. The Bertz CT molecular complexity index is 3610. The van der Waals surface area contributed by atoms with E-state index in [0.717, 1.165) is 33.6 Å². The molecule has 4 aromatic heterocycles. The Balaban J connectivity index is 0.900. The third kappa shape index (κ3) is 13.2. The van der Waals surface area contributed by atoms with Crippen molar-refractivity contribution in [3.05, 3.63) is 150 Å². The van der Waals surface area contributed by atoms with E-state index in [4.69, 9.17) is 88.6 Å². The summed E-state index contributed by atoms with van der Waals surface area (Å²) in [5.41, 5.74) is 0.221. The van der Waals surface area contributed by atoms with Crippen LogP contribution in [0.15, 0.2) is 73.1 Å². The van der Waals surface area contributed by atoms with Crippen LogP contribution in [0.5, 0.6) is 0 Å². The standard InChI is InChI=1S/C54H50Cl6F4N14O10/c1-23-65-53(77(69-23)37-15-27(55)5-7-29(37)57)51-49(45(47(83)39(19-79)87-51)75-17-35(67-71-75)25-11-31(61)43(59)32(62)12-25)85-21-41(81)73(3)9-10-74(4)42(82)22-86-50-46(76-18-36(68-72-76)26-13-33(63)44(60)34(64)14-26)48(84)40(20-80)88-52(50)54-66-24(2)70-78(54)38-16-28(56)6-8-30(38)58/h5-8,11-18,39-40,45-52,79-80,83-84H,9-10,19-22H2,1-4H3. The highest BCUT2D eigenvalue weighted by atomic mass is 35.5. The summed E-state index contributed by atoms with van der Waals surface area (Å²) in [6.07, 6.45) is -9.25. The second kappa shape index (κ2) is 26.9. The number of aliphatic hydroxyl groups is 4. The van der Waals surface area contributed by atoms with E-state index in [1.807, 2.05) is 0 Å². The lowest BCUT2D eigenvalue weighted by Crippen LogP contribution is -2.54. The molecule has 24 nitrogen and oxygen atoms in total. The topological polar surface area (TPSA) is 281 Å². The zero-order chi connectivity index (χ0) is 63.2. The highest BCUT2D eigenvalue weighted by molar-refractivity contribution is 6.35. The summed E-state index contributed by atoms with van der Waals surface area (Å²) in [5.74, 6) is -5.20. The van der Waals surface area contributed by atoms with Gasteiger partial charge in [0.1, 0.15) is 130 Å². The van der Waals surface area contributed by atoms with Crippen LogP contribution in [-0.4, -0.2) is 192 Å². The highest BCUT2D eigenvalue weighted by Crippen LogP contribution is 2.44. The van der Waals surface area contributed by atoms with E-state index in [1.54, 1.807) is 26.0 Å². The van der Waals surface area contributed by atoms with Gasteiger partial charge in [-0.05, 0) is 74.5 Å². The van der Waals surface area contributed by atoms with Crippen molar-refractivity contribution < 1.29 is 66.5 Å². The third-order valence-electron chi connectivity index (χ3n) is 14.6. The van der Waals surface area contributed by atoms with Crippen LogP contribution in [0.1, 0.15) is 47.6 Å². The van der Waals surface area contributed by atoms with Crippen LogP contribution in [0.25, 0.3) is 33.9 Å². The van der Waals surface area contributed by atoms with Gasteiger partial charge in [0.15, 0.2) is 11.6 Å².